The molecular weight excluding hydrogens is 278 g/mol. The van der Waals surface area contributed by atoms with Crippen LogP contribution in [-0.2, 0) is 9.59 Å². The average molecular weight is 306 g/mol. The summed E-state index contributed by atoms with van der Waals surface area (Å²) in [5.74, 6) is 0.201. The maximum Gasteiger partial charge on any atom is 0.225 e. The summed E-state index contributed by atoms with van der Waals surface area (Å²) >= 11 is 0. The Morgan fingerprint density at radius 3 is 2.50 bits per heavy atom. The Labute approximate surface area is 128 Å². The predicted octanol–water partition coefficient (Wildman–Crippen LogP) is 1.17. The molecule has 0 radical (unpaired) electrons. The van der Waals surface area contributed by atoms with Gasteiger partial charge in [-0.05, 0) is 19.4 Å². The third-order valence-electron chi connectivity index (χ3n) is 3.51. The minimum absolute atomic E-state index is 0. The van der Waals surface area contributed by atoms with E-state index >= 15 is 0 Å². The number of carbonyl (C=O) groups excluding carboxylic acids is 2. The molecule has 1 aliphatic heterocycles. The molecule has 0 bridgehead atoms. The molecule has 0 aromatic carbocycles. The van der Waals surface area contributed by atoms with Crippen molar-refractivity contribution in [2.75, 3.05) is 26.7 Å². The molecule has 20 heavy (non-hydrogen) atoms. The number of rotatable bonds is 5. The van der Waals surface area contributed by atoms with Gasteiger partial charge in [0.05, 0.1) is 0 Å². The number of carbonyl (C=O) groups is 2. The first-order valence-corrected chi connectivity index (χ1v) is 7.07. The van der Waals surface area contributed by atoms with Gasteiger partial charge in [0.15, 0.2) is 0 Å². The molecule has 1 saturated heterocycles. The Morgan fingerprint density at radius 1 is 1.35 bits per heavy atom. The molecule has 0 saturated carbocycles. The summed E-state index contributed by atoms with van der Waals surface area (Å²) in [6, 6.07) is 0.330. The highest BCUT2D eigenvalue weighted by Gasteiger charge is 2.23. The van der Waals surface area contributed by atoms with Crippen LogP contribution in [0.3, 0.4) is 0 Å². The van der Waals surface area contributed by atoms with Crippen molar-refractivity contribution in [1.29, 1.82) is 0 Å². The molecule has 0 aliphatic carbocycles. The van der Waals surface area contributed by atoms with Gasteiger partial charge in [-0.1, -0.05) is 20.8 Å². The smallest absolute Gasteiger partial charge is 0.225 e. The maximum absolute atomic E-state index is 12.0. The van der Waals surface area contributed by atoms with E-state index in [0.717, 1.165) is 19.5 Å². The molecule has 1 unspecified atom stereocenters. The first-order chi connectivity index (χ1) is 8.82. The van der Waals surface area contributed by atoms with Crippen molar-refractivity contribution in [3.05, 3.63) is 0 Å². The van der Waals surface area contributed by atoms with Gasteiger partial charge in [-0.25, -0.2) is 0 Å². The molecule has 5 nitrogen and oxygen atoms in total. The highest BCUT2D eigenvalue weighted by molar-refractivity contribution is 5.85. The van der Waals surface area contributed by atoms with E-state index in [4.69, 9.17) is 0 Å². The molecule has 1 aliphatic rings. The lowest BCUT2D eigenvalue weighted by molar-refractivity contribution is -0.132. The number of nitrogens with zero attached hydrogens (tertiary/aromatic N) is 1. The fourth-order valence-corrected chi connectivity index (χ4v) is 2.06. The van der Waals surface area contributed by atoms with Gasteiger partial charge in [0.2, 0.25) is 11.8 Å². The SMILES string of the molecule is CN(C(=O)CCCNC(=O)C(C)(C)C)C1CCNC1.Cl. The van der Waals surface area contributed by atoms with Gasteiger partial charge >= 0.3 is 0 Å². The second-order valence-corrected chi connectivity index (χ2v) is 6.26. The topological polar surface area (TPSA) is 61.4 Å². The lowest BCUT2D eigenvalue weighted by atomic mass is 9.96. The van der Waals surface area contributed by atoms with Crippen LogP contribution in [-0.4, -0.2) is 49.4 Å². The summed E-state index contributed by atoms with van der Waals surface area (Å²) in [5, 5.41) is 6.12. The van der Waals surface area contributed by atoms with Crippen molar-refractivity contribution >= 4 is 24.2 Å². The van der Waals surface area contributed by atoms with Gasteiger partial charge in [-0.2, -0.15) is 0 Å². The third kappa shape index (κ3) is 6.09. The van der Waals surface area contributed by atoms with Crippen LogP contribution in [0.15, 0.2) is 0 Å². The van der Waals surface area contributed by atoms with E-state index < -0.39 is 0 Å². The van der Waals surface area contributed by atoms with Crippen LogP contribution in [0.2, 0.25) is 0 Å². The van der Waals surface area contributed by atoms with E-state index in [1.807, 2.05) is 32.7 Å². The quantitative estimate of drug-likeness (QED) is 0.750. The van der Waals surface area contributed by atoms with Crippen LogP contribution in [0.5, 0.6) is 0 Å². The Kier molecular flexibility index (Phi) is 8.13. The zero-order valence-corrected chi connectivity index (χ0v) is 13.8. The van der Waals surface area contributed by atoms with E-state index in [1.165, 1.54) is 0 Å². The minimum Gasteiger partial charge on any atom is -0.356 e. The summed E-state index contributed by atoms with van der Waals surface area (Å²) in [6.45, 7) is 8.10. The van der Waals surface area contributed by atoms with E-state index in [9.17, 15) is 9.59 Å². The van der Waals surface area contributed by atoms with Crippen LogP contribution in [0.4, 0.5) is 0 Å². The summed E-state index contributed by atoms with van der Waals surface area (Å²) in [7, 11) is 1.87. The van der Waals surface area contributed by atoms with Gasteiger partial charge in [0.25, 0.3) is 0 Å². The fraction of sp³-hybridized carbons (Fsp3) is 0.857. The number of hydrogen-bond donors (Lipinski definition) is 2. The zero-order chi connectivity index (χ0) is 14.5. The van der Waals surface area contributed by atoms with Crippen LogP contribution in [0, 0.1) is 5.41 Å². The van der Waals surface area contributed by atoms with Crippen molar-refractivity contribution in [2.24, 2.45) is 5.41 Å². The summed E-state index contributed by atoms with van der Waals surface area (Å²) < 4.78 is 0. The largest absolute Gasteiger partial charge is 0.356 e. The lowest BCUT2D eigenvalue weighted by Gasteiger charge is -2.24. The molecular formula is C14H28ClN3O2. The second kappa shape index (κ2) is 8.47. The minimum atomic E-state index is -0.365. The van der Waals surface area contributed by atoms with Crippen molar-refractivity contribution in [3.63, 3.8) is 0 Å². The lowest BCUT2D eigenvalue weighted by Crippen LogP contribution is -2.39. The van der Waals surface area contributed by atoms with Gasteiger partial charge < -0.3 is 15.5 Å². The molecule has 2 amide bonds. The summed E-state index contributed by atoms with van der Waals surface area (Å²) in [5.41, 5.74) is -0.365. The molecule has 0 aromatic heterocycles. The maximum atomic E-state index is 12.0. The number of likely N-dealkylation sites (N-methyl/N-ethyl adjacent to an activating group) is 1. The second-order valence-electron chi connectivity index (χ2n) is 6.26. The molecule has 1 fully saturated rings. The van der Waals surface area contributed by atoms with Gasteiger partial charge in [-0.15, -0.1) is 12.4 Å². The number of nitrogens with one attached hydrogen (secondary N) is 2. The zero-order valence-electron chi connectivity index (χ0n) is 13.0. The fourth-order valence-electron chi connectivity index (χ4n) is 2.06. The Morgan fingerprint density at radius 2 is 2.00 bits per heavy atom. The number of hydrogen-bond acceptors (Lipinski definition) is 3. The molecule has 2 N–H and O–H groups in total. The first kappa shape index (κ1) is 19.2. The molecule has 118 valence electrons. The van der Waals surface area contributed by atoms with Crippen LogP contribution in [0.1, 0.15) is 40.0 Å². The van der Waals surface area contributed by atoms with Gasteiger partial charge in [0.1, 0.15) is 0 Å². The Bertz CT molecular complexity index is 323. The molecule has 6 heteroatoms. The highest BCUT2D eigenvalue weighted by Crippen LogP contribution is 2.12. The van der Waals surface area contributed by atoms with E-state index in [-0.39, 0.29) is 29.6 Å². The number of halogens is 1. The predicted molar refractivity (Wildman–Crippen MR) is 83.0 cm³/mol. The van der Waals surface area contributed by atoms with Crippen molar-refractivity contribution in [2.45, 2.75) is 46.1 Å². The first-order valence-electron chi connectivity index (χ1n) is 7.07. The highest BCUT2D eigenvalue weighted by atomic mass is 35.5. The van der Waals surface area contributed by atoms with Gasteiger partial charge in [-0.3, -0.25) is 9.59 Å². The molecule has 0 aromatic rings. The Balaban J connectivity index is 0.00000361. The van der Waals surface area contributed by atoms with Crippen LogP contribution >= 0.6 is 12.4 Å². The van der Waals surface area contributed by atoms with Crippen molar-refractivity contribution in [1.82, 2.24) is 15.5 Å². The van der Waals surface area contributed by atoms with Crippen LogP contribution < -0.4 is 10.6 Å². The number of amides is 2. The third-order valence-corrected chi connectivity index (χ3v) is 3.51. The van der Waals surface area contributed by atoms with E-state index in [0.29, 0.717) is 25.4 Å². The average Bonchev–Trinajstić information content (AvgIpc) is 2.85. The molecule has 1 atom stereocenters. The summed E-state index contributed by atoms with van der Waals surface area (Å²) in [4.78, 5) is 25.4. The Hall–Kier alpha value is -0.810. The normalized spacial score (nSPS) is 18.3. The van der Waals surface area contributed by atoms with Crippen molar-refractivity contribution in [3.8, 4) is 0 Å². The summed E-state index contributed by atoms with van der Waals surface area (Å²) in [6.07, 6.45) is 2.23. The molecule has 0 spiro atoms. The van der Waals surface area contributed by atoms with E-state index in [1.54, 1.807) is 0 Å². The standard InChI is InChI=1S/C14H27N3O2.ClH/c1-14(2,3)13(19)16-8-5-6-12(18)17(4)11-7-9-15-10-11;/h11,15H,5-10H2,1-4H3,(H,16,19);1H. The monoisotopic (exact) mass is 305 g/mol. The molecule has 1 rings (SSSR count). The molecule has 1 heterocycles. The van der Waals surface area contributed by atoms with E-state index in [2.05, 4.69) is 10.6 Å². The van der Waals surface area contributed by atoms with Gasteiger partial charge in [0, 0.05) is 38.0 Å². The van der Waals surface area contributed by atoms with Crippen molar-refractivity contribution < 1.29 is 9.59 Å². The van der Waals surface area contributed by atoms with Crippen LogP contribution in [0.25, 0.3) is 0 Å².